The third-order valence-electron chi connectivity index (χ3n) is 2.13. The van der Waals surface area contributed by atoms with Crippen LogP contribution in [0.2, 0.25) is 0 Å². The Hall–Kier alpha value is -1.85. The molecule has 2 rings (SSSR count). The first-order valence-corrected chi connectivity index (χ1v) is 4.62. The summed E-state index contributed by atoms with van der Waals surface area (Å²) < 4.78 is 9.95. The Kier molecular flexibility index (Phi) is 2.40. The number of nitrogens with one attached hydrogen (secondary N) is 1. The molecule has 0 unspecified atom stereocenters. The molecule has 0 aliphatic rings. The summed E-state index contributed by atoms with van der Waals surface area (Å²) in [7, 11) is 0. The van der Waals surface area contributed by atoms with Gasteiger partial charge in [0.25, 0.3) is 0 Å². The van der Waals surface area contributed by atoms with Gasteiger partial charge >= 0.3 is 6.01 Å². The van der Waals surface area contributed by atoms with E-state index in [0.717, 1.165) is 17.0 Å². The Bertz CT molecular complexity index is 441. The van der Waals surface area contributed by atoms with E-state index in [1.165, 1.54) is 0 Å². The zero-order valence-corrected chi connectivity index (χ0v) is 8.87. The first-order chi connectivity index (χ1) is 7.16. The summed E-state index contributed by atoms with van der Waals surface area (Å²) in [6, 6.07) is 0.410. The fraction of sp³-hybridized carbons (Fsp3) is 0.444. The molecular weight excluding hydrogens is 196 g/mol. The Labute approximate surface area is 86.6 Å². The van der Waals surface area contributed by atoms with Crippen molar-refractivity contribution < 1.29 is 9.05 Å². The number of nitrogens with zero attached hydrogens (tertiary/aromatic N) is 3. The minimum Gasteiger partial charge on any atom is -0.361 e. The lowest BCUT2D eigenvalue weighted by Crippen LogP contribution is -2.01. The third kappa shape index (κ3) is 1.98. The van der Waals surface area contributed by atoms with Crippen LogP contribution in [-0.2, 0) is 6.54 Å². The highest BCUT2D eigenvalue weighted by Crippen LogP contribution is 2.14. The van der Waals surface area contributed by atoms with Crippen LogP contribution >= 0.6 is 0 Å². The second kappa shape index (κ2) is 3.72. The molecule has 0 bridgehead atoms. The highest BCUT2D eigenvalue weighted by molar-refractivity contribution is 5.27. The van der Waals surface area contributed by atoms with Crippen molar-refractivity contribution in [2.24, 2.45) is 0 Å². The number of aromatic nitrogens is 3. The molecule has 1 N–H and O–H groups in total. The van der Waals surface area contributed by atoms with Gasteiger partial charge in [-0.2, -0.15) is 4.98 Å². The van der Waals surface area contributed by atoms with Crippen molar-refractivity contribution in [1.29, 1.82) is 0 Å². The van der Waals surface area contributed by atoms with Crippen molar-refractivity contribution in [2.75, 3.05) is 5.32 Å². The number of anilines is 1. The van der Waals surface area contributed by atoms with Gasteiger partial charge in [0.05, 0.1) is 5.69 Å². The Morgan fingerprint density at radius 1 is 1.13 bits per heavy atom. The van der Waals surface area contributed by atoms with Crippen molar-refractivity contribution in [1.82, 2.24) is 15.3 Å². The zero-order chi connectivity index (χ0) is 10.8. The van der Waals surface area contributed by atoms with Crippen LogP contribution in [0.3, 0.4) is 0 Å². The second-order valence-corrected chi connectivity index (χ2v) is 3.30. The van der Waals surface area contributed by atoms with Gasteiger partial charge in [0.1, 0.15) is 5.76 Å². The van der Waals surface area contributed by atoms with E-state index >= 15 is 0 Å². The molecule has 0 spiro atoms. The summed E-state index contributed by atoms with van der Waals surface area (Å²) >= 11 is 0. The molecule has 0 aliphatic heterocycles. The molecule has 0 aliphatic carbocycles. The molecule has 6 nitrogen and oxygen atoms in total. The van der Waals surface area contributed by atoms with Gasteiger partial charge in [-0.3, -0.25) is 0 Å². The van der Waals surface area contributed by atoms with Crippen LogP contribution in [0.15, 0.2) is 9.05 Å². The maximum atomic E-state index is 5.03. The number of aryl methyl sites for hydroxylation is 3. The summed E-state index contributed by atoms with van der Waals surface area (Å²) in [4.78, 5) is 4.03. The van der Waals surface area contributed by atoms with Crippen molar-refractivity contribution >= 4 is 6.01 Å². The van der Waals surface area contributed by atoms with E-state index in [4.69, 9.17) is 9.05 Å². The van der Waals surface area contributed by atoms with E-state index in [9.17, 15) is 0 Å². The molecule has 6 heteroatoms. The first-order valence-electron chi connectivity index (χ1n) is 4.62. The lowest BCUT2D eigenvalue weighted by molar-refractivity contribution is 0.392. The summed E-state index contributed by atoms with van der Waals surface area (Å²) in [6.07, 6.45) is 0. The summed E-state index contributed by atoms with van der Waals surface area (Å²) in [5.41, 5.74) is 1.89. The minimum atomic E-state index is 0.410. The molecule has 0 saturated carbocycles. The molecule has 80 valence electrons. The van der Waals surface area contributed by atoms with Gasteiger partial charge in [-0.25, -0.2) is 0 Å². The lowest BCUT2D eigenvalue weighted by Gasteiger charge is -1.99. The molecule has 0 fully saturated rings. The smallest absolute Gasteiger partial charge is 0.321 e. The van der Waals surface area contributed by atoms with Crippen molar-refractivity contribution in [2.45, 2.75) is 27.3 Å². The van der Waals surface area contributed by atoms with Gasteiger partial charge < -0.3 is 14.4 Å². The molecular formula is C9H12N4O2. The van der Waals surface area contributed by atoms with Crippen molar-refractivity contribution in [3.05, 3.63) is 22.8 Å². The number of hydrogen-bond acceptors (Lipinski definition) is 6. The van der Waals surface area contributed by atoms with Gasteiger partial charge in [0.15, 0.2) is 5.82 Å². The average Bonchev–Trinajstić information content (AvgIpc) is 2.73. The van der Waals surface area contributed by atoms with Crippen LogP contribution in [0, 0.1) is 20.8 Å². The zero-order valence-electron chi connectivity index (χ0n) is 8.87. The van der Waals surface area contributed by atoms with Gasteiger partial charge in [-0.05, 0) is 20.8 Å². The maximum Gasteiger partial charge on any atom is 0.321 e. The van der Waals surface area contributed by atoms with E-state index in [1.54, 1.807) is 6.92 Å². The Morgan fingerprint density at radius 3 is 2.47 bits per heavy atom. The van der Waals surface area contributed by atoms with E-state index in [0.29, 0.717) is 18.4 Å². The van der Waals surface area contributed by atoms with Crippen LogP contribution in [0.5, 0.6) is 0 Å². The number of hydrogen-bond donors (Lipinski definition) is 1. The largest absolute Gasteiger partial charge is 0.361 e. The highest BCUT2D eigenvalue weighted by atomic mass is 16.5. The molecule has 2 heterocycles. The van der Waals surface area contributed by atoms with E-state index in [2.05, 4.69) is 20.6 Å². The maximum absolute atomic E-state index is 5.03. The van der Waals surface area contributed by atoms with E-state index in [-0.39, 0.29) is 0 Å². The third-order valence-corrected chi connectivity index (χ3v) is 2.13. The topological polar surface area (TPSA) is 77.0 Å². The van der Waals surface area contributed by atoms with Crippen molar-refractivity contribution in [3.8, 4) is 0 Å². The van der Waals surface area contributed by atoms with E-state index in [1.807, 2.05) is 13.8 Å². The lowest BCUT2D eigenvalue weighted by atomic mass is 10.2. The van der Waals surface area contributed by atoms with Crippen molar-refractivity contribution in [3.63, 3.8) is 0 Å². The number of rotatable bonds is 3. The predicted octanol–water partition coefficient (Wildman–Crippen LogP) is 1.59. The monoisotopic (exact) mass is 208 g/mol. The highest BCUT2D eigenvalue weighted by Gasteiger charge is 2.09. The minimum absolute atomic E-state index is 0.410. The molecule has 0 amide bonds. The van der Waals surface area contributed by atoms with Crippen LogP contribution in [0.25, 0.3) is 0 Å². The second-order valence-electron chi connectivity index (χ2n) is 3.30. The fourth-order valence-electron chi connectivity index (χ4n) is 1.29. The molecule has 0 aromatic carbocycles. The molecule has 0 atom stereocenters. The summed E-state index contributed by atoms with van der Waals surface area (Å²) in [5.74, 6) is 1.41. The van der Waals surface area contributed by atoms with E-state index < -0.39 is 0 Å². The van der Waals surface area contributed by atoms with Gasteiger partial charge in [-0.1, -0.05) is 10.3 Å². The molecule has 2 aromatic heterocycles. The van der Waals surface area contributed by atoms with Crippen LogP contribution in [0.1, 0.15) is 22.8 Å². The standard InChI is InChI=1S/C9H12N4O2/c1-5-8(6(2)14-12-5)4-10-9-11-7(3)13-15-9/h4H2,1-3H3,(H,10,11,13). The Morgan fingerprint density at radius 2 is 1.93 bits per heavy atom. The molecule has 0 saturated heterocycles. The summed E-state index contributed by atoms with van der Waals surface area (Å²) in [5, 5.41) is 10.5. The van der Waals surface area contributed by atoms with Gasteiger partial charge in [-0.15, -0.1) is 0 Å². The molecule has 2 aromatic rings. The Balaban J connectivity index is 2.05. The normalized spacial score (nSPS) is 10.6. The van der Waals surface area contributed by atoms with Gasteiger partial charge in [0, 0.05) is 12.1 Å². The summed E-state index contributed by atoms with van der Waals surface area (Å²) in [6.45, 7) is 6.11. The van der Waals surface area contributed by atoms with Crippen LogP contribution in [-0.4, -0.2) is 15.3 Å². The molecule has 0 radical (unpaired) electrons. The van der Waals surface area contributed by atoms with Gasteiger partial charge in [0.2, 0.25) is 0 Å². The van der Waals surface area contributed by atoms with Crippen LogP contribution < -0.4 is 5.32 Å². The quantitative estimate of drug-likeness (QED) is 0.825. The first kappa shape index (κ1) is 9.70. The van der Waals surface area contributed by atoms with Crippen LogP contribution in [0.4, 0.5) is 6.01 Å². The predicted molar refractivity (Wildman–Crippen MR) is 52.3 cm³/mol. The average molecular weight is 208 g/mol. The SMILES string of the molecule is Cc1noc(NCc2c(C)noc2C)n1. The fourth-order valence-corrected chi connectivity index (χ4v) is 1.29. The molecule has 15 heavy (non-hydrogen) atoms.